The number of hydrogen-bond acceptors (Lipinski definition) is 16. The van der Waals surface area contributed by atoms with E-state index in [1.54, 1.807) is 0 Å². The Morgan fingerprint density at radius 1 is 1.17 bits per heavy atom. The van der Waals surface area contributed by atoms with Crippen LogP contribution in [0.1, 0.15) is 18.9 Å². The van der Waals surface area contributed by atoms with Crippen LogP contribution in [0.25, 0.3) is 22.3 Å². The van der Waals surface area contributed by atoms with Crippen molar-refractivity contribution >= 4 is 71.9 Å². The van der Waals surface area contributed by atoms with Crippen molar-refractivity contribution in [1.29, 1.82) is 0 Å². The Morgan fingerprint density at radius 2 is 1.91 bits per heavy atom. The minimum absolute atomic E-state index is 0.0507. The first-order chi connectivity index (χ1) is 21.8. The molecule has 7 rings (SSSR count). The van der Waals surface area contributed by atoms with E-state index >= 15 is 4.39 Å². The van der Waals surface area contributed by atoms with Gasteiger partial charge in [0.15, 0.2) is 47.2 Å². The van der Waals surface area contributed by atoms with Crippen LogP contribution in [0.4, 0.5) is 16.2 Å². The molecular formula is C22H26FN10O9P2S2+. The SMILES string of the molecule is Nc1nc2c(ncn2[C@@H]2OC[C@](F)(CCO[P+](=O)S)[C@H]2P(O)(=S)OC[C@@]23CO[C@@H]([C@H](n4cnc5c(N)ncnc54)O2)[C@@H]3O)c(=O)[nH]1. The summed E-state index contributed by atoms with van der Waals surface area (Å²) in [5.74, 6) is -0.0853. The van der Waals surface area contributed by atoms with E-state index in [9.17, 15) is 19.4 Å². The molecule has 246 valence electrons. The molecule has 4 aromatic heterocycles. The van der Waals surface area contributed by atoms with Crippen molar-refractivity contribution in [2.45, 2.75) is 48.0 Å². The number of nitrogens with zero attached hydrogens (tertiary/aromatic N) is 7. The number of H-pyrrole nitrogens is 1. The van der Waals surface area contributed by atoms with Gasteiger partial charge in [-0.3, -0.25) is 18.9 Å². The summed E-state index contributed by atoms with van der Waals surface area (Å²) in [4.78, 5) is 47.1. The standard InChI is InChI=1S/C22H25FN10O9P2S2/c23-21(1-2-40-43(36)45)3-39-19(33-8-29-10-16(33)30-20(25)31-17(10)35)13(21)44(37,46)41-5-22-4-38-11(12(22)34)18(42-22)32-7-28-9-14(24)26-6-27-15(9)32/h6-8,11-13,18-19,34H,1-5H2,(H6-,24,25,26,27,30,31,35,36,37,45,46)/p+1/t11-,12+,13+,18-,19-,21-,22-,44?/m1/s1. The molecule has 2 bridgehead atoms. The summed E-state index contributed by atoms with van der Waals surface area (Å²) < 4.78 is 59.9. The Hall–Kier alpha value is -2.75. The minimum Gasteiger partial charge on any atom is -0.387 e. The number of fused-ring (bicyclic) bond motifs is 4. The van der Waals surface area contributed by atoms with Crippen LogP contribution in [0.5, 0.6) is 0 Å². The number of nitrogen functional groups attached to an aromatic ring is 2. The zero-order chi connectivity index (χ0) is 32.6. The maximum absolute atomic E-state index is 16.8. The normalized spacial score (nSPS) is 32.4. The van der Waals surface area contributed by atoms with Crippen LogP contribution < -0.4 is 17.0 Å². The van der Waals surface area contributed by atoms with Gasteiger partial charge in [-0.15, -0.1) is 4.52 Å². The van der Waals surface area contributed by atoms with Gasteiger partial charge in [-0.2, -0.15) is 4.98 Å². The molecule has 3 aliphatic rings. The molecule has 24 heteroatoms. The molecule has 7 N–H and O–H groups in total. The van der Waals surface area contributed by atoms with E-state index in [0.29, 0.717) is 11.2 Å². The van der Waals surface area contributed by atoms with E-state index in [4.69, 9.17) is 46.5 Å². The third-order valence-electron chi connectivity index (χ3n) is 8.25. The van der Waals surface area contributed by atoms with Crippen molar-refractivity contribution in [3.63, 3.8) is 0 Å². The summed E-state index contributed by atoms with van der Waals surface area (Å²) in [5, 5.41) is 11.2. The number of hydrogen-bond donors (Lipinski definition) is 6. The lowest BCUT2D eigenvalue weighted by atomic mass is 10.00. The molecular weight excluding hydrogens is 693 g/mol. The fourth-order valence-corrected chi connectivity index (χ4v) is 9.50. The van der Waals surface area contributed by atoms with Gasteiger partial charge in [0.05, 0.1) is 32.5 Å². The molecule has 0 aliphatic carbocycles. The highest BCUT2D eigenvalue weighted by atomic mass is 32.7. The Morgan fingerprint density at radius 3 is 2.67 bits per heavy atom. The van der Waals surface area contributed by atoms with E-state index in [1.807, 2.05) is 0 Å². The molecule has 0 saturated carbocycles. The first-order valence-electron chi connectivity index (χ1n) is 13.5. The number of nitrogens with two attached hydrogens (primary N) is 2. The third-order valence-corrected chi connectivity index (χ3v) is 11.9. The predicted molar refractivity (Wildman–Crippen MR) is 163 cm³/mol. The number of imidazole rings is 2. The van der Waals surface area contributed by atoms with E-state index in [0.717, 1.165) is 0 Å². The minimum atomic E-state index is -4.28. The van der Waals surface area contributed by atoms with Crippen LogP contribution in [0.3, 0.4) is 0 Å². The Labute approximate surface area is 268 Å². The van der Waals surface area contributed by atoms with Crippen molar-refractivity contribution in [3.8, 4) is 0 Å². The van der Waals surface area contributed by atoms with Gasteiger partial charge in [-0.05, 0) is 16.4 Å². The van der Waals surface area contributed by atoms with Gasteiger partial charge in [-0.1, -0.05) is 0 Å². The van der Waals surface area contributed by atoms with Gasteiger partial charge in [0.25, 0.3) is 5.56 Å². The first kappa shape index (κ1) is 31.8. The summed E-state index contributed by atoms with van der Waals surface area (Å²) >= 11 is 9.28. The number of halogens is 1. The molecule has 19 nitrogen and oxygen atoms in total. The summed E-state index contributed by atoms with van der Waals surface area (Å²) in [6.07, 6.45) is -1.000. The number of aliphatic hydroxyl groups is 1. The van der Waals surface area contributed by atoms with Gasteiger partial charge < -0.3 is 40.2 Å². The molecule has 3 aliphatic heterocycles. The quantitative estimate of drug-likeness (QED) is 0.0935. The summed E-state index contributed by atoms with van der Waals surface area (Å²) in [6, 6.07) is 0. The van der Waals surface area contributed by atoms with Crippen molar-refractivity contribution < 1.29 is 42.2 Å². The predicted octanol–water partition coefficient (Wildman–Crippen LogP) is 0.0692. The third kappa shape index (κ3) is 5.12. The second-order valence-electron chi connectivity index (χ2n) is 11.0. The zero-order valence-electron chi connectivity index (χ0n) is 23.3. The number of aliphatic hydroxyl groups excluding tert-OH is 1. The summed E-state index contributed by atoms with van der Waals surface area (Å²) in [7, 11) is -2.35. The second kappa shape index (κ2) is 11.4. The number of thiol groups is 1. The van der Waals surface area contributed by atoms with Crippen molar-refractivity contribution in [3.05, 3.63) is 29.3 Å². The zero-order valence-corrected chi connectivity index (χ0v) is 26.8. The lowest BCUT2D eigenvalue weighted by molar-refractivity contribution is -0.182. The van der Waals surface area contributed by atoms with Crippen LogP contribution in [0.2, 0.25) is 0 Å². The van der Waals surface area contributed by atoms with E-state index < -0.39 is 80.5 Å². The number of anilines is 2. The number of ether oxygens (including phenoxy) is 3. The van der Waals surface area contributed by atoms with Gasteiger partial charge in [0, 0.05) is 6.42 Å². The molecule has 7 heterocycles. The van der Waals surface area contributed by atoms with Gasteiger partial charge in [-0.25, -0.2) is 24.3 Å². The number of rotatable bonds is 10. The average Bonchev–Trinajstić information content (AvgIpc) is 3.80. The van der Waals surface area contributed by atoms with Crippen LogP contribution in [-0.2, 0) is 39.6 Å². The molecule has 3 fully saturated rings. The fraction of sp³-hybridized carbons (Fsp3) is 0.545. The summed E-state index contributed by atoms with van der Waals surface area (Å²) in [6.45, 7) is -5.87. The molecule has 0 spiro atoms. The smallest absolute Gasteiger partial charge is 0.387 e. The fourth-order valence-electron chi connectivity index (χ4n) is 6.06. The lowest BCUT2D eigenvalue weighted by Gasteiger charge is -2.36. The molecule has 0 radical (unpaired) electrons. The molecule has 2 unspecified atom stereocenters. The average molecular weight is 720 g/mol. The number of aromatic nitrogens is 8. The highest BCUT2D eigenvalue weighted by Gasteiger charge is 2.64. The number of alkyl halides is 1. The highest BCUT2D eigenvalue weighted by Crippen LogP contribution is 2.62. The Balaban J connectivity index is 1.19. The van der Waals surface area contributed by atoms with Gasteiger partial charge >= 0.3 is 7.23 Å². The monoisotopic (exact) mass is 719 g/mol. The Kier molecular flexibility index (Phi) is 7.92. The largest absolute Gasteiger partial charge is 0.582 e. The number of nitrogens with one attached hydrogen (secondary N) is 1. The van der Waals surface area contributed by atoms with Crippen LogP contribution in [-0.4, -0.2) is 105 Å². The number of aromatic amines is 1. The van der Waals surface area contributed by atoms with Crippen molar-refractivity contribution in [2.24, 2.45) is 0 Å². The van der Waals surface area contributed by atoms with E-state index in [1.165, 1.54) is 28.1 Å². The van der Waals surface area contributed by atoms with Crippen LogP contribution >= 0.6 is 26.0 Å². The molecule has 4 aromatic rings. The topological polar surface area (TPSA) is 263 Å². The van der Waals surface area contributed by atoms with Crippen molar-refractivity contribution in [1.82, 2.24) is 39.0 Å². The maximum atomic E-state index is 16.8. The van der Waals surface area contributed by atoms with Crippen molar-refractivity contribution in [2.75, 3.05) is 37.9 Å². The molecule has 9 atom stereocenters. The first-order valence-corrected chi connectivity index (χ1v) is 18.6. The molecule has 46 heavy (non-hydrogen) atoms. The lowest BCUT2D eigenvalue weighted by Crippen LogP contribution is -2.46. The van der Waals surface area contributed by atoms with Crippen LogP contribution in [0.15, 0.2) is 23.8 Å². The molecule has 0 aromatic carbocycles. The molecule has 3 saturated heterocycles. The van der Waals surface area contributed by atoms with Gasteiger partial charge in [0.2, 0.25) is 5.95 Å². The maximum Gasteiger partial charge on any atom is 0.582 e. The van der Waals surface area contributed by atoms with E-state index in [2.05, 4.69) is 42.2 Å². The second-order valence-corrected chi connectivity index (χ2v) is 16.2. The molecule has 0 amide bonds. The van der Waals surface area contributed by atoms with Crippen LogP contribution in [0, 0.1) is 0 Å². The van der Waals surface area contributed by atoms with E-state index in [-0.39, 0.29) is 36.1 Å². The highest BCUT2D eigenvalue weighted by molar-refractivity contribution is 8.39. The van der Waals surface area contributed by atoms with Gasteiger partial charge in [0.1, 0.15) is 54.2 Å². The summed E-state index contributed by atoms with van der Waals surface area (Å²) in [5.41, 5.74) is 5.97. The Bertz CT molecular complexity index is 1970.